The maximum atomic E-state index is 12.9. The van der Waals surface area contributed by atoms with Crippen molar-refractivity contribution in [1.82, 2.24) is 9.88 Å². The molecule has 1 aliphatic carbocycles. The Kier molecular flexibility index (Phi) is 6.57. The van der Waals surface area contributed by atoms with Crippen LogP contribution >= 0.6 is 0 Å². The molecule has 30 heavy (non-hydrogen) atoms. The Balaban J connectivity index is 0.000000318. The Morgan fingerprint density at radius 2 is 1.90 bits per heavy atom. The molecule has 1 amide bonds. The van der Waals surface area contributed by atoms with Gasteiger partial charge < -0.3 is 19.5 Å². The molecule has 162 valence electrons. The number of methoxy groups -OCH3 is 1. The lowest BCUT2D eigenvalue weighted by atomic mass is 10.1. The molecule has 3 atom stereocenters. The fourth-order valence-electron chi connectivity index (χ4n) is 3.75. The first kappa shape index (κ1) is 22.0. The number of ether oxygens (including phenoxy) is 2. The molecule has 0 unspecified atom stereocenters. The number of carboxylic acid groups (broad SMARTS) is 1. The number of rotatable bonds is 2. The van der Waals surface area contributed by atoms with Gasteiger partial charge in [0.2, 0.25) is 0 Å². The van der Waals surface area contributed by atoms with Crippen molar-refractivity contribution >= 4 is 22.8 Å². The van der Waals surface area contributed by atoms with E-state index >= 15 is 0 Å². The van der Waals surface area contributed by atoms with Crippen molar-refractivity contribution in [1.29, 1.82) is 0 Å². The molecule has 2 aliphatic rings. The second-order valence-corrected chi connectivity index (χ2v) is 6.94. The quantitative estimate of drug-likeness (QED) is 0.795. The Labute approximate surface area is 170 Å². The molecule has 4 rings (SSSR count). The van der Waals surface area contributed by atoms with Gasteiger partial charge in [0.25, 0.3) is 5.91 Å². The van der Waals surface area contributed by atoms with Crippen LogP contribution in [0.1, 0.15) is 23.3 Å². The number of alkyl halides is 3. The molecule has 1 saturated heterocycles. The number of hydrogen-bond donors (Lipinski definition) is 1. The van der Waals surface area contributed by atoms with E-state index in [1.54, 1.807) is 7.11 Å². The van der Waals surface area contributed by atoms with Gasteiger partial charge in [0.15, 0.2) is 0 Å². The number of carbonyl (C=O) groups excluding carboxylic acids is 1. The zero-order valence-corrected chi connectivity index (χ0v) is 16.1. The Bertz CT molecular complexity index is 921. The molecular weight excluding hydrogens is 405 g/mol. The second-order valence-electron chi connectivity index (χ2n) is 6.94. The molecule has 1 aromatic carbocycles. The summed E-state index contributed by atoms with van der Waals surface area (Å²) < 4.78 is 43.1. The van der Waals surface area contributed by atoms with Crippen LogP contribution in [0.25, 0.3) is 10.9 Å². The SMILES string of the molecule is CO[C@@H]1CC[C@H]2[C@H]1OCCN2C(=O)c1ccc2ccccc2n1.O=C(O)C(F)(F)F. The van der Waals surface area contributed by atoms with Gasteiger partial charge in [0.05, 0.1) is 24.3 Å². The Morgan fingerprint density at radius 3 is 2.57 bits per heavy atom. The van der Waals surface area contributed by atoms with Gasteiger partial charge in [-0.1, -0.05) is 24.3 Å². The van der Waals surface area contributed by atoms with E-state index in [0.29, 0.717) is 18.8 Å². The number of benzene rings is 1. The summed E-state index contributed by atoms with van der Waals surface area (Å²) in [6.07, 6.45) is -3.16. The van der Waals surface area contributed by atoms with Gasteiger partial charge >= 0.3 is 12.1 Å². The highest BCUT2D eigenvalue weighted by Gasteiger charge is 2.45. The van der Waals surface area contributed by atoms with Gasteiger partial charge in [0, 0.05) is 19.0 Å². The zero-order valence-electron chi connectivity index (χ0n) is 16.1. The van der Waals surface area contributed by atoms with Crippen LogP contribution < -0.4 is 0 Å². The lowest BCUT2D eigenvalue weighted by molar-refractivity contribution is -0.192. The smallest absolute Gasteiger partial charge is 0.475 e. The van der Waals surface area contributed by atoms with E-state index in [-0.39, 0.29) is 24.2 Å². The second kappa shape index (κ2) is 8.97. The molecule has 10 heteroatoms. The first-order valence-corrected chi connectivity index (χ1v) is 9.33. The molecule has 0 bridgehead atoms. The highest BCUT2D eigenvalue weighted by molar-refractivity contribution is 5.95. The lowest BCUT2D eigenvalue weighted by Gasteiger charge is -2.38. The number of aromatic nitrogens is 1. The maximum Gasteiger partial charge on any atom is 0.490 e. The molecule has 7 nitrogen and oxygen atoms in total. The number of morpholine rings is 1. The first-order valence-electron chi connectivity index (χ1n) is 9.33. The van der Waals surface area contributed by atoms with E-state index in [9.17, 15) is 18.0 Å². The van der Waals surface area contributed by atoms with Gasteiger partial charge in [-0.2, -0.15) is 13.2 Å². The number of hydrogen-bond acceptors (Lipinski definition) is 5. The lowest BCUT2D eigenvalue weighted by Crippen LogP contribution is -2.53. The van der Waals surface area contributed by atoms with Crippen LogP contribution in [0.5, 0.6) is 0 Å². The van der Waals surface area contributed by atoms with Crippen LogP contribution in [0.3, 0.4) is 0 Å². The van der Waals surface area contributed by atoms with E-state index in [2.05, 4.69) is 4.98 Å². The number of aliphatic carboxylic acids is 1. The predicted octanol–water partition coefficient (Wildman–Crippen LogP) is 2.89. The van der Waals surface area contributed by atoms with Gasteiger partial charge in [-0.05, 0) is 25.0 Å². The third kappa shape index (κ3) is 4.71. The van der Waals surface area contributed by atoms with E-state index < -0.39 is 12.1 Å². The van der Waals surface area contributed by atoms with Crippen molar-refractivity contribution in [2.24, 2.45) is 0 Å². The average Bonchev–Trinajstić information content (AvgIpc) is 3.16. The van der Waals surface area contributed by atoms with Gasteiger partial charge in [-0.15, -0.1) is 0 Å². The number of nitrogens with zero attached hydrogens (tertiary/aromatic N) is 2. The van der Waals surface area contributed by atoms with Gasteiger partial charge in [0.1, 0.15) is 11.8 Å². The van der Waals surface area contributed by atoms with Gasteiger partial charge in [-0.25, -0.2) is 9.78 Å². The molecular formula is C20H21F3N2O5. The van der Waals surface area contributed by atoms with Crippen molar-refractivity contribution in [2.75, 3.05) is 20.3 Å². The third-order valence-corrected chi connectivity index (χ3v) is 5.16. The number of fused-ring (bicyclic) bond motifs is 2. The highest BCUT2D eigenvalue weighted by Crippen LogP contribution is 2.32. The van der Waals surface area contributed by atoms with Crippen LogP contribution in [0, 0.1) is 0 Å². The monoisotopic (exact) mass is 426 g/mol. The number of pyridine rings is 1. The number of carbonyl (C=O) groups is 2. The summed E-state index contributed by atoms with van der Waals surface area (Å²) in [5.74, 6) is -2.77. The van der Waals surface area contributed by atoms with Crippen LogP contribution in [0.4, 0.5) is 13.2 Å². The Hall–Kier alpha value is -2.72. The fraction of sp³-hybridized carbons (Fsp3) is 0.450. The topological polar surface area (TPSA) is 89.0 Å². The highest BCUT2D eigenvalue weighted by atomic mass is 19.4. The minimum absolute atomic E-state index is 0.00851. The largest absolute Gasteiger partial charge is 0.490 e. The van der Waals surface area contributed by atoms with Crippen LogP contribution in [0.15, 0.2) is 36.4 Å². The predicted molar refractivity (Wildman–Crippen MR) is 100 cm³/mol. The maximum absolute atomic E-state index is 12.9. The molecule has 2 fully saturated rings. The summed E-state index contributed by atoms with van der Waals surface area (Å²) in [5, 5.41) is 8.17. The number of halogens is 3. The summed E-state index contributed by atoms with van der Waals surface area (Å²) in [5.41, 5.74) is 1.36. The molecule has 1 aromatic heterocycles. The van der Waals surface area contributed by atoms with E-state index in [4.69, 9.17) is 19.4 Å². The fourth-order valence-corrected chi connectivity index (χ4v) is 3.75. The van der Waals surface area contributed by atoms with Crippen molar-refractivity contribution < 1.29 is 37.3 Å². The average molecular weight is 426 g/mol. The summed E-state index contributed by atoms with van der Waals surface area (Å²) in [7, 11) is 1.71. The van der Waals surface area contributed by atoms with Crippen LogP contribution in [0.2, 0.25) is 0 Å². The summed E-state index contributed by atoms with van der Waals surface area (Å²) in [6, 6.07) is 11.7. The number of para-hydroxylation sites is 1. The molecule has 0 spiro atoms. The van der Waals surface area contributed by atoms with Crippen molar-refractivity contribution in [3.05, 3.63) is 42.1 Å². The Morgan fingerprint density at radius 1 is 1.20 bits per heavy atom. The molecule has 1 aliphatic heterocycles. The molecule has 1 saturated carbocycles. The summed E-state index contributed by atoms with van der Waals surface area (Å²) in [6.45, 7) is 1.17. The number of amides is 1. The molecule has 0 radical (unpaired) electrons. The van der Waals surface area contributed by atoms with E-state index in [1.165, 1.54) is 0 Å². The van der Waals surface area contributed by atoms with Crippen LogP contribution in [-0.4, -0.2) is 71.6 Å². The van der Waals surface area contributed by atoms with E-state index in [0.717, 1.165) is 23.7 Å². The number of carboxylic acids is 1. The molecule has 1 N–H and O–H groups in total. The standard InChI is InChI=1S/C18H20N2O3.C2HF3O2/c1-22-16-9-8-15-17(16)23-11-10-20(15)18(21)14-7-6-12-4-2-3-5-13(12)19-14;3-2(4,5)1(6)7/h2-7,15-17H,8-11H2,1H3;(H,6,7)/t15-,16+,17+;/m0./s1. The molecule has 2 heterocycles. The normalized spacial score (nSPS) is 23.5. The minimum atomic E-state index is -5.08. The van der Waals surface area contributed by atoms with Crippen LogP contribution in [-0.2, 0) is 14.3 Å². The van der Waals surface area contributed by atoms with Gasteiger partial charge in [-0.3, -0.25) is 4.79 Å². The first-order chi connectivity index (χ1) is 14.2. The third-order valence-electron chi connectivity index (χ3n) is 5.16. The summed E-state index contributed by atoms with van der Waals surface area (Å²) >= 11 is 0. The molecule has 2 aromatic rings. The van der Waals surface area contributed by atoms with Crippen molar-refractivity contribution in [3.63, 3.8) is 0 Å². The summed E-state index contributed by atoms with van der Waals surface area (Å²) in [4.78, 5) is 28.3. The zero-order chi connectivity index (χ0) is 21.9. The van der Waals surface area contributed by atoms with Crippen molar-refractivity contribution in [2.45, 2.75) is 37.3 Å². The minimum Gasteiger partial charge on any atom is -0.475 e. The van der Waals surface area contributed by atoms with E-state index in [1.807, 2.05) is 41.3 Å². The van der Waals surface area contributed by atoms with Crippen molar-refractivity contribution in [3.8, 4) is 0 Å².